The summed E-state index contributed by atoms with van der Waals surface area (Å²) in [5.41, 5.74) is 3.03. The molecule has 1 aliphatic rings. The molecule has 1 fully saturated rings. The van der Waals surface area contributed by atoms with Gasteiger partial charge in [-0.3, -0.25) is 4.79 Å². The normalized spacial score (nSPS) is 16.2. The molecule has 0 radical (unpaired) electrons. The highest BCUT2D eigenvalue weighted by Crippen LogP contribution is 2.32. The Hall–Kier alpha value is -1.52. The van der Waals surface area contributed by atoms with E-state index >= 15 is 0 Å². The number of fused-ring (bicyclic) bond motifs is 1. The number of carbonyl (C=O) groups excluding carboxylic acids is 1. The highest BCUT2D eigenvalue weighted by molar-refractivity contribution is 6.32. The number of halogens is 1. The summed E-state index contributed by atoms with van der Waals surface area (Å²) < 4.78 is 0. The number of rotatable bonds is 5. The van der Waals surface area contributed by atoms with Gasteiger partial charge in [-0.05, 0) is 48.4 Å². The predicted molar refractivity (Wildman–Crippen MR) is 88.0 cm³/mol. The predicted octanol–water partition coefficient (Wildman–Crippen LogP) is 3.33. The summed E-state index contributed by atoms with van der Waals surface area (Å²) in [6.07, 6.45) is 1.01. The lowest BCUT2D eigenvalue weighted by molar-refractivity contribution is -0.130. The molecule has 4 nitrogen and oxygen atoms in total. The number of amides is 1. The second-order valence-corrected chi connectivity index (χ2v) is 6.82. The summed E-state index contributed by atoms with van der Waals surface area (Å²) >= 11 is 6.30. The molecule has 0 spiro atoms. The first-order valence-electron chi connectivity index (χ1n) is 7.72. The molecule has 1 aromatic heterocycles. The van der Waals surface area contributed by atoms with Gasteiger partial charge < -0.3 is 15.4 Å². The van der Waals surface area contributed by atoms with Crippen LogP contribution in [0.1, 0.15) is 43.9 Å². The third kappa shape index (κ3) is 3.13. The van der Waals surface area contributed by atoms with E-state index in [0.717, 1.165) is 40.0 Å². The molecule has 0 saturated heterocycles. The number of aromatic nitrogens is 1. The Morgan fingerprint density at radius 1 is 1.41 bits per heavy atom. The number of hydrogen-bond acceptors (Lipinski definition) is 2. The van der Waals surface area contributed by atoms with Crippen molar-refractivity contribution in [3.05, 3.63) is 34.5 Å². The Labute approximate surface area is 134 Å². The molecule has 3 rings (SSSR count). The highest BCUT2D eigenvalue weighted by atomic mass is 35.5. The monoisotopic (exact) mass is 320 g/mol. The maximum absolute atomic E-state index is 11.8. The van der Waals surface area contributed by atoms with E-state index in [1.165, 1.54) is 0 Å². The van der Waals surface area contributed by atoms with Gasteiger partial charge in [0.2, 0.25) is 5.91 Å². The van der Waals surface area contributed by atoms with Crippen LogP contribution in [0.25, 0.3) is 10.9 Å². The van der Waals surface area contributed by atoms with E-state index in [1.54, 1.807) is 0 Å². The van der Waals surface area contributed by atoms with Gasteiger partial charge in [-0.25, -0.2) is 0 Å². The second-order valence-electron chi connectivity index (χ2n) is 6.41. The first-order chi connectivity index (χ1) is 10.5. The van der Waals surface area contributed by atoms with Crippen LogP contribution in [0, 0.1) is 5.92 Å². The minimum Gasteiger partial charge on any atom is -0.383 e. The summed E-state index contributed by atoms with van der Waals surface area (Å²) in [7, 11) is 0. The van der Waals surface area contributed by atoms with Crippen LogP contribution in [0.3, 0.4) is 0 Å². The molecule has 1 aliphatic carbocycles. The molecular formula is C17H21ClN2O2. The van der Waals surface area contributed by atoms with E-state index in [-0.39, 0.29) is 11.8 Å². The van der Waals surface area contributed by atoms with Crippen molar-refractivity contribution in [1.29, 1.82) is 0 Å². The van der Waals surface area contributed by atoms with Gasteiger partial charge in [0.05, 0.1) is 6.54 Å². The topological polar surface area (TPSA) is 65.1 Å². The molecule has 1 saturated carbocycles. The summed E-state index contributed by atoms with van der Waals surface area (Å²) in [6, 6.07) is 5.99. The van der Waals surface area contributed by atoms with Gasteiger partial charge in [-0.1, -0.05) is 25.4 Å². The summed E-state index contributed by atoms with van der Waals surface area (Å²) in [6.45, 7) is 4.60. The molecule has 2 aromatic rings. The molecule has 1 atom stereocenters. The highest BCUT2D eigenvalue weighted by Gasteiger charge is 2.34. The fraction of sp³-hybridized carbons (Fsp3) is 0.471. The molecule has 3 N–H and O–H groups in total. The zero-order valence-corrected chi connectivity index (χ0v) is 13.6. The van der Waals surface area contributed by atoms with Crippen LogP contribution in [0.2, 0.25) is 5.02 Å². The van der Waals surface area contributed by atoms with Gasteiger partial charge in [0.15, 0.2) is 0 Å². The van der Waals surface area contributed by atoms with Crippen molar-refractivity contribution in [2.75, 3.05) is 0 Å². The lowest BCUT2D eigenvalue weighted by Gasteiger charge is -2.09. The van der Waals surface area contributed by atoms with Crippen LogP contribution in [0.5, 0.6) is 0 Å². The summed E-state index contributed by atoms with van der Waals surface area (Å²) in [5, 5.41) is 14.3. The van der Waals surface area contributed by atoms with E-state index in [9.17, 15) is 9.90 Å². The second kappa shape index (κ2) is 5.94. The Morgan fingerprint density at radius 2 is 2.14 bits per heavy atom. The standard InChI is InChI=1S/C17H21ClN2O2/c1-9(2)13-7-15-11(6-14(13)18)5-12(20-15)8-19-17(22)16(21)10-3-4-10/h5-7,9-10,16,20-21H,3-4,8H2,1-2H3,(H,19,22). The number of nitrogens with one attached hydrogen (secondary N) is 2. The zero-order chi connectivity index (χ0) is 15.9. The van der Waals surface area contributed by atoms with E-state index in [4.69, 9.17) is 11.6 Å². The quantitative estimate of drug-likeness (QED) is 0.791. The van der Waals surface area contributed by atoms with Crippen LogP contribution < -0.4 is 5.32 Å². The first kappa shape index (κ1) is 15.4. The number of aliphatic hydroxyl groups is 1. The molecule has 5 heteroatoms. The summed E-state index contributed by atoms with van der Waals surface area (Å²) in [4.78, 5) is 15.1. The maximum Gasteiger partial charge on any atom is 0.249 e. The Kier molecular flexibility index (Phi) is 4.15. The van der Waals surface area contributed by atoms with Gasteiger partial charge >= 0.3 is 0 Å². The van der Waals surface area contributed by atoms with Crippen LogP contribution in [0.4, 0.5) is 0 Å². The van der Waals surface area contributed by atoms with Crippen molar-refractivity contribution in [2.45, 2.75) is 45.3 Å². The molecule has 1 unspecified atom stereocenters. The number of aliphatic hydroxyl groups excluding tert-OH is 1. The smallest absolute Gasteiger partial charge is 0.249 e. The van der Waals surface area contributed by atoms with Crippen LogP contribution >= 0.6 is 11.6 Å². The van der Waals surface area contributed by atoms with Gasteiger partial charge in [0.1, 0.15) is 6.10 Å². The largest absolute Gasteiger partial charge is 0.383 e. The SMILES string of the molecule is CC(C)c1cc2[nH]c(CNC(=O)C(O)C3CC3)cc2cc1Cl. The lowest BCUT2D eigenvalue weighted by Crippen LogP contribution is -2.35. The molecule has 0 aliphatic heterocycles. The van der Waals surface area contributed by atoms with E-state index in [1.807, 2.05) is 12.1 Å². The van der Waals surface area contributed by atoms with E-state index < -0.39 is 6.10 Å². The van der Waals surface area contributed by atoms with Crippen molar-refractivity contribution in [3.63, 3.8) is 0 Å². The fourth-order valence-electron chi connectivity index (χ4n) is 2.68. The third-order valence-electron chi connectivity index (χ3n) is 4.21. The van der Waals surface area contributed by atoms with Crippen molar-refractivity contribution in [3.8, 4) is 0 Å². The van der Waals surface area contributed by atoms with E-state index in [0.29, 0.717) is 12.5 Å². The van der Waals surface area contributed by atoms with Gasteiger partial charge in [0.25, 0.3) is 0 Å². The van der Waals surface area contributed by atoms with Gasteiger partial charge in [0, 0.05) is 21.6 Å². The Balaban J connectivity index is 1.73. The number of hydrogen-bond donors (Lipinski definition) is 3. The van der Waals surface area contributed by atoms with Crippen molar-refractivity contribution in [1.82, 2.24) is 10.3 Å². The molecular weight excluding hydrogens is 300 g/mol. The molecule has 1 heterocycles. The lowest BCUT2D eigenvalue weighted by atomic mass is 10.0. The average molecular weight is 321 g/mol. The Bertz CT molecular complexity index is 704. The number of H-pyrrole nitrogens is 1. The molecule has 1 aromatic carbocycles. The zero-order valence-electron chi connectivity index (χ0n) is 12.8. The van der Waals surface area contributed by atoms with E-state index in [2.05, 4.69) is 30.2 Å². The molecule has 118 valence electrons. The first-order valence-corrected chi connectivity index (χ1v) is 8.10. The summed E-state index contributed by atoms with van der Waals surface area (Å²) in [5.74, 6) is 0.217. The van der Waals surface area contributed by atoms with Crippen molar-refractivity contribution in [2.24, 2.45) is 5.92 Å². The number of carbonyl (C=O) groups is 1. The van der Waals surface area contributed by atoms with Gasteiger partial charge in [-0.2, -0.15) is 0 Å². The molecule has 0 bridgehead atoms. The fourth-order valence-corrected chi connectivity index (χ4v) is 3.07. The van der Waals surface area contributed by atoms with Gasteiger partial charge in [-0.15, -0.1) is 0 Å². The number of aromatic amines is 1. The van der Waals surface area contributed by atoms with Crippen LogP contribution in [-0.2, 0) is 11.3 Å². The molecule has 22 heavy (non-hydrogen) atoms. The van der Waals surface area contributed by atoms with Crippen LogP contribution in [-0.4, -0.2) is 22.1 Å². The molecule has 1 amide bonds. The Morgan fingerprint density at radius 3 is 2.77 bits per heavy atom. The minimum atomic E-state index is -0.869. The average Bonchev–Trinajstić information content (AvgIpc) is 3.24. The van der Waals surface area contributed by atoms with Crippen molar-refractivity contribution < 1.29 is 9.90 Å². The number of benzene rings is 1. The van der Waals surface area contributed by atoms with Crippen LogP contribution in [0.15, 0.2) is 18.2 Å². The van der Waals surface area contributed by atoms with Crippen molar-refractivity contribution >= 4 is 28.4 Å². The maximum atomic E-state index is 11.8. The third-order valence-corrected chi connectivity index (χ3v) is 4.53. The minimum absolute atomic E-state index is 0.148.